The molecule has 0 fully saturated rings. The maximum Gasteiger partial charge on any atom is 0.312 e. The summed E-state index contributed by atoms with van der Waals surface area (Å²) in [5.41, 5.74) is 2.47. The summed E-state index contributed by atoms with van der Waals surface area (Å²) in [6.07, 6.45) is -1.10. The molecule has 6 heteroatoms. The molecule has 5 rings (SSSR count). The van der Waals surface area contributed by atoms with E-state index in [0.29, 0.717) is 13.2 Å². The molecule has 3 aliphatic rings. The third-order valence-corrected chi connectivity index (χ3v) is 5.78. The summed E-state index contributed by atoms with van der Waals surface area (Å²) in [5.74, 6) is -1.49. The Bertz CT molecular complexity index is 816. The van der Waals surface area contributed by atoms with E-state index >= 15 is 0 Å². The molecule has 1 N–H and O–H groups in total. The average molecular weight is 384 g/mol. The fourth-order valence-corrected chi connectivity index (χ4v) is 4.64. The van der Waals surface area contributed by atoms with Gasteiger partial charge in [0.15, 0.2) is 0 Å². The molecular weight excluding hydrogens is 360 g/mol. The van der Waals surface area contributed by atoms with Crippen LogP contribution >= 0.6 is 0 Å². The van der Waals surface area contributed by atoms with Crippen LogP contribution in [0.5, 0.6) is 0 Å². The first-order chi connectivity index (χ1) is 13.7. The number of ether oxygens (including phenoxy) is 4. The SMILES string of the molecule is COCCOCOC12c3ccccc3C(c3ccccc31)[C@H](C(=O)OC)[C@@H]2O. The lowest BCUT2D eigenvalue weighted by molar-refractivity contribution is -0.203. The number of carbonyl (C=O) groups excluding carboxylic acids is 1. The molecular formula is C22H24O6. The summed E-state index contributed by atoms with van der Waals surface area (Å²) in [4.78, 5) is 12.7. The highest BCUT2D eigenvalue weighted by atomic mass is 16.7. The van der Waals surface area contributed by atoms with Gasteiger partial charge in [-0.1, -0.05) is 48.5 Å². The number of aliphatic hydroxyl groups is 1. The van der Waals surface area contributed by atoms with Crippen LogP contribution in [0.3, 0.4) is 0 Å². The van der Waals surface area contributed by atoms with Gasteiger partial charge in [0.1, 0.15) is 18.5 Å². The van der Waals surface area contributed by atoms with Gasteiger partial charge in [-0.3, -0.25) is 4.79 Å². The van der Waals surface area contributed by atoms with E-state index in [4.69, 9.17) is 18.9 Å². The van der Waals surface area contributed by atoms with E-state index in [1.807, 2.05) is 48.5 Å². The number of hydrogen-bond donors (Lipinski definition) is 1. The van der Waals surface area contributed by atoms with Crippen molar-refractivity contribution in [2.24, 2.45) is 5.92 Å². The summed E-state index contributed by atoms with van der Waals surface area (Å²) in [6, 6.07) is 15.6. The predicted molar refractivity (Wildman–Crippen MR) is 101 cm³/mol. The number of carbonyl (C=O) groups is 1. The van der Waals surface area contributed by atoms with Crippen molar-refractivity contribution >= 4 is 5.97 Å². The quantitative estimate of drug-likeness (QED) is 0.448. The Morgan fingerprint density at radius 2 is 1.61 bits per heavy atom. The molecule has 0 aromatic heterocycles. The molecule has 0 saturated carbocycles. The van der Waals surface area contributed by atoms with Crippen molar-refractivity contribution in [1.82, 2.24) is 0 Å². The van der Waals surface area contributed by atoms with Gasteiger partial charge in [-0.05, 0) is 22.3 Å². The molecule has 2 aromatic carbocycles. The topological polar surface area (TPSA) is 74.2 Å². The number of fused-ring (bicyclic) bond motifs is 1. The number of esters is 1. The number of methoxy groups -OCH3 is 2. The van der Waals surface area contributed by atoms with Crippen LogP contribution in [0.15, 0.2) is 48.5 Å². The van der Waals surface area contributed by atoms with Crippen LogP contribution in [-0.2, 0) is 29.3 Å². The first-order valence-electron chi connectivity index (χ1n) is 9.32. The summed E-state index contributed by atoms with van der Waals surface area (Å²) < 4.78 is 21.8. The Morgan fingerprint density at radius 1 is 1.00 bits per heavy atom. The lowest BCUT2D eigenvalue weighted by Crippen LogP contribution is -2.59. The first kappa shape index (κ1) is 19.1. The minimum atomic E-state index is -1.20. The molecule has 0 amide bonds. The lowest BCUT2D eigenvalue weighted by Gasteiger charge is -2.54. The molecule has 0 radical (unpaired) electrons. The molecule has 0 unspecified atom stereocenters. The monoisotopic (exact) mass is 384 g/mol. The maximum absolute atomic E-state index is 12.7. The fourth-order valence-electron chi connectivity index (χ4n) is 4.64. The highest BCUT2D eigenvalue weighted by Gasteiger charge is 2.62. The second-order valence-corrected chi connectivity index (χ2v) is 7.04. The Hall–Kier alpha value is -2.25. The zero-order valence-corrected chi connectivity index (χ0v) is 16.0. The normalized spacial score (nSPS) is 27.2. The zero-order chi connectivity index (χ0) is 19.7. The second-order valence-electron chi connectivity index (χ2n) is 7.04. The van der Waals surface area contributed by atoms with Crippen molar-refractivity contribution in [2.75, 3.05) is 34.2 Å². The second kappa shape index (κ2) is 7.64. The number of rotatable bonds is 7. The van der Waals surface area contributed by atoms with Crippen LogP contribution in [0.4, 0.5) is 0 Å². The molecule has 0 saturated heterocycles. The third kappa shape index (κ3) is 2.68. The van der Waals surface area contributed by atoms with Gasteiger partial charge >= 0.3 is 5.97 Å². The highest BCUT2D eigenvalue weighted by molar-refractivity contribution is 5.79. The van der Waals surface area contributed by atoms with E-state index in [1.54, 1.807) is 7.11 Å². The van der Waals surface area contributed by atoms with Gasteiger partial charge < -0.3 is 24.1 Å². The van der Waals surface area contributed by atoms with Crippen LogP contribution < -0.4 is 0 Å². The summed E-state index contributed by atoms with van der Waals surface area (Å²) in [5, 5.41) is 11.4. The fraction of sp³-hybridized carbons (Fsp3) is 0.409. The summed E-state index contributed by atoms with van der Waals surface area (Å²) >= 11 is 0. The van der Waals surface area contributed by atoms with E-state index in [1.165, 1.54) is 7.11 Å². The van der Waals surface area contributed by atoms with E-state index in [-0.39, 0.29) is 12.7 Å². The Kier molecular flexibility index (Phi) is 5.21. The Balaban J connectivity index is 1.85. The van der Waals surface area contributed by atoms with Crippen molar-refractivity contribution in [3.63, 3.8) is 0 Å². The molecule has 6 nitrogen and oxygen atoms in total. The predicted octanol–water partition coefficient (Wildman–Crippen LogP) is 2.18. The summed E-state index contributed by atoms with van der Waals surface area (Å²) in [6.45, 7) is 0.773. The molecule has 0 heterocycles. The largest absolute Gasteiger partial charge is 0.469 e. The average Bonchev–Trinajstić information content (AvgIpc) is 2.74. The van der Waals surface area contributed by atoms with Crippen LogP contribution in [0.25, 0.3) is 0 Å². The van der Waals surface area contributed by atoms with Gasteiger partial charge in [0.25, 0.3) is 0 Å². The van der Waals surface area contributed by atoms with E-state index < -0.39 is 23.6 Å². The van der Waals surface area contributed by atoms with Crippen LogP contribution in [-0.4, -0.2) is 51.4 Å². The van der Waals surface area contributed by atoms with Crippen molar-refractivity contribution < 1.29 is 28.8 Å². The maximum atomic E-state index is 12.7. The minimum absolute atomic E-state index is 0.0400. The molecule has 28 heavy (non-hydrogen) atoms. The van der Waals surface area contributed by atoms with Crippen LogP contribution in [0.2, 0.25) is 0 Å². The van der Waals surface area contributed by atoms with Gasteiger partial charge in [0.05, 0.1) is 26.2 Å². The smallest absolute Gasteiger partial charge is 0.312 e. The molecule has 0 spiro atoms. The zero-order valence-electron chi connectivity index (χ0n) is 16.0. The van der Waals surface area contributed by atoms with Gasteiger partial charge in [-0.25, -0.2) is 0 Å². The Labute approximate surface area is 164 Å². The Morgan fingerprint density at radius 3 is 2.18 bits per heavy atom. The molecule has 148 valence electrons. The van der Waals surface area contributed by atoms with Crippen molar-refractivity contribution in [1.29, 1.82) is 0 Å². The minimum Gasteiger partial charge on any atom is -0.469 e. The molecule has 3 aliphatic carbocycles. The number of hydrogen-bond acceptors (Lipinski definition) is 6. The van der Waals surface area contributed by atoms with E-state index in [2.05, 4.69) is 0 Å². The first-order valence-corrected chi connectivity index (χ1v) is 9.32. The van der Waals surface area contributed by atoms with Gasteiger partial charge in [0, 0.05) is 13.0 Å². The molecule has 2 atom stereocenters. The molecule has 2 bridgehead atoms. The third-order valence-electron chi connectivity index (χ3n) is 5.78. The lowest BCUT2D eigenvalue weighted by atomic mass is 9.55. The van der Waals surface area contributed by atoms with Crippen molar-refractivity contribution in [2.45, 2.75) is 17.6 Å². The summed E-state index contributed by atoms with van der Waals surface area (Å²) in [7, 11) is 2.94. The van der Waals surface area contributed by atoms with E-state index in [9.17, 15) is 9.90 Å². The van der Waals surface area contributed by atoms with Gasteiger partial charge in [-0.15, -0.1) is 0 Å². The number of benzene rings is 2. The standard InChI is InChI=1S/C22H24O6/c1-25-11-12-27-13-28-22-16-9-5-3-7-14(16)18(15-8-4-6-10-17(15)22)19(20(22)23)21(24)26-2/h3-10,18-20,23H,11-13H2,1-2H3/t18?,19-,20-,22?/m0/s1. The van der Waals surface area contributed by atoms with Crippen LogP contribution in [0, 0.1) is 5.92 Å². The number of aliphatic hydroxyl groups excluding tert-OH is 1. The van der Waals surface area contributed by atoms with Gasteiger partial charge in [-0.2, -0.15) is 0 Å². The molecule has 0 aliphatic heterocycles. The molecule has 2 aromatic rings. The van der Waals surface area contributed by atoms with Crippen LogP contribution in [0.1, 0.15) is 28.2 Å². The van der Waals surface area contributed by atoms with Crippen molar-refractivity contribution in [3.05, 3.63) is 70.8 Å². The highest BCUT2D eigenvalue weighted by Crippen LogP contribution is 2.59. The van der Waals surface area contributed by atoms with E-state index in [0.717, 1.165) is 22.3 Å². The van der Waals surface area contributed by atoms with Gasteiger partial charge in [0.2, 0.25) is 0 Å². The van der Waals surface area contributed by atoms with Crippen molar-refractivity contribution in [3.8, 4) is 0 Å².